The normalized spacial score (nSPS) is 14.5. The summed E-state index contributed by atoms with van der Waals surface area (Å²) in [5, 5.41) is 0.775. The van der Waals surface area contributed by atoms with E-state index in [1.807, 2.05) is 36.4 Å². The highest BCUT2D eigenvalue weighted by molar-refractivity contribution is 7.17. The Morgan fingerprint density at radius 1 is 0.893 bits per heavy atom. The van der Waals surface area contributed by atoms with E-state index in [9.17, 15) is 8.78 Å². The minimum Gasteiger partial charge on any atom is -0.481 e. The molecule has 4 heteroatoms. The lowest BCUT2D eigenvalue weighted by Gasteiger charge is -2.10. The molecule has 0 amide bonds. The van der Waals surface area contributed by atoms with Crippen molar-refractivity contribution in [2.75, 3.05) is 0 Å². The molecule has 2 aromatic carbocycles. The van der Waals surface area contributed by atoms with Crippen LogP contribution < -0.4 is 4.74 Å². The van der Waals surface area contributed by atoms with Crippen LogP contribution in [0.15, 0.2) is 48.5 Å². The molecule has 146 valence electrons. The fraction of sp³-hybridized carbons (Fsp3) is 0.333. The first-order chi connectivity index (χ1) is 13.7. The second-order valence-corrected chi connectivity index (χ2v) is 8.42. The number of benzene rings is 2. The summed E-state index contributed by atoms with van der Waals surface area (Å²) in [6, 6.07) is 14.7. The van der Waals surface area contributed by atoms with E-state index in [2.05, 4.69) is 6.92 Å². The summed E-state index contributed by atoms with van der Waals surface area (Å²) in [6.07, 6.45) is 6.84. The Bertz CT molecular complexity index is 940. The number of halogens is 2. The van der Waals surface area contributed by atoms with Gasteiger partial charge in [0, 0.05) is 16.0 Å². The predicted octanol–water partition coefficient (Wildman–Crippen LogP) is 7.63. The molecule has 28 heavy (non-hydrogen) atoms. The van der Waals surface area contributed by atoms with Gasteiger partial charge in [-0.1, -0.05) is 55.0 Å². The van der Waals surface area contributed by atoms with Gasteiger partial charge in [-0.15, -0.1) is 0 Å². The van der Waals surface area contributed by atoms with E-state index in [1.54, 1.807) is 12.1 Å². The largest absolute Gasteiger partial charge is 0.481 e. The first-order valence-corrected chi connectivity index (χ1v) is 10.8. The van der Waals surface area contributed by atoms with E-state index in [-0.39, 0.29) is 11.7 Å². The van der Waals surface area contributed by atoms with Crippen molar-refractivity contribution in [1.82, 2.24) is 0 Å². The van der Waals surface area contributed by atoms with Crippen LogP contribution in [0.4, 0.5) is 8.78 Å². The number of aryl methyl sites for hydroxylation is 1. The lowest BCUT2D eigenvalue weighted by molar-refractivity contribution is 0.217. The molecule has 1 fully saturated rings. The van der Waals surface area contributed by atoms with Crippen LogP contribution in [0.2, 0.25) is 0 Å². The molecule has 0 bridgehead atoms. The minimum absolute atomic E-state index is 0.256. The summed E-state index contributed by atoms with van der Waals surface area (Å²) in [5.74, 6) is -1.60. The fourth-order valence-corrected chi connectivity index (χ4v) is 4.74. The van der Waals surface area contributed by atoms with Gasteiger partial charge in [-0.3, -0.25) is 0 Å². The minimum atomic E-state index is -0.801. The van der Waals surface area contributed by atoms with Crippen molar-refractivity contribution in [3.63, 3.8) is 0 Å². The first-order valence-electron chi connectivity index (χ1n) is 10.00. The fourth-order valence-electron chi connectivity index (χ4n) is 3.80. The van der Waals surface area contributed by atoms with Crippen LogP contribution in [0.3, 0.4) is 0 Å². The van der Waals surface area contributed by atoms with Gasteiger partial charge in [-0.2, -0.15) is 0 Å². The van der Waals surface area contributed by atoms with Crippen LogP contribution in [0, 0.1) is 11.6 Å². The molecule has 0 atom stereocenters. The molecule has 0 spiro atoms. The Balaban J connectivity index is 1.58. The van der Waals surface area contributed by atoms with Crippen molar-refractivity contribution >= 4 is 11.3 Å². The lowest BCUT2D eigenvalue weighted by Crippen LogP contribution is -2.09. The van der Waals surface area contributed by atoms with E-state index < -0.39 is 11.6 Å². The highest BCUT2D eigenvalue weighted by Gasteiger charge is 2.20. The van der Waals surface area contributed by atoms with Crippen molar-refractivity contribution < 1.29 is 13.5 Å². The number of hydrogen-bond donors (Lipinski definition) is 0. The monoisotopic (exact) mass is 398 g/mol. The molecule has 1 aromatic heterocycles. The van der Waals surface area contributed by atoms with Crippen LogP contribution >= 0.6 is 11.3 Å². The quantitative estimate of drug-likeness (QED) is 0.415. The molecule has 0 radical (unpaired) electrons. The summed E-state index contributed by atoms with van der Waals surface area (Å²) < 4.78 is 35.6. The molecule has 0 saturated heterocycles. The van der Waals surface area contributed by atoms with E-state index in [4.69, 9.17) is 4.74 Å². The maximum Gasteiger partial charge on any atom is 0.174 e. The molecule has 0 N–H and O–H groups in total. The van der Waals surface area contributed by atoms with Crippen LogP contribution in [0.1, 0.15) is 44.6 Å². The van der Waals surface area contributed by atoms with Crippen LogP contribution in [-0.4, -0.2) is 6.10 Å². The SMILES string of the molecule is CCCc1ccc(-c2ccc(-c3ccc(OC4CCCC4)s3)c(F)c2F)cc1. The summed E-state index contributed by atoms with van der Waals surface area (Å²) in [4.78, 5) is 0.689. The van der Waals surface area contributed by atoms with Gasteiger partial charge in [-0.25, -0.2) is 8.78 Å². The number of thiophene rings is 1. The standard InChI is InChI=1S/C24H24F2OS/c1-2-5-16-8-10-17(11-9-16)19-12-13-20(24(26)23(19)25)21-14-15-22(28-21)27-18-6-3-4-7-18/h8-15,18H,2-7H2,1H3. The number of ether oxygens (including phenoxy) is 1. The smallest absolute Gasteiger partial charge is 0.174 e. The van der Waals surface area contributed by atoms with E-state index in [0.29, 0.717) is 16.0 Å². The van der Waals surface area contributed by atoms with E-state index in [1.165, 1.54) is 29.7 Å². The van der Waals surface area contributed by atoms with Gasteiger partial charge in [0.1, 0.15) is 0 Å². The first kappa shape index (κ1) is 19.1. The average molecular weight is 399 g/mol. The molecule has 3 aromatic rings. The number of hydrogen-bond acceptors (Lipinski definition) is 2. The van der Waals surface area contributed by atoms with Crippen molar-refractivity contribution in [3.05, 3.63) is 65.7 Å². The van der Waals surface area contributed by atoms with Gasteiger partial charge in [0.2, 0.25) is 0 Å². The maximum absolute atomic E-state index is 14.8. The molecule has 1 nitrogen and oxygen atoms in total. The highest BCUT2D eigenvalue weighted by Crippen LogP contribution is 2.38. The molecule has 0 aliphatic heterocycles. The van der Waals surface area contributed by atoms with Gasteiger partial charge < -0.3 is 4.74 Å². The van der Waals surface area contributed by atoms with Gasteiger partial charge in [0.15, 0.2) is 16.7 Å². The predicted molar refractivity (Wildman–Crippen MR) is 112 cm³/mol. The van der Waals surface area contributed by atoms with Gasteiger partial charge >= 0.3 is 0 Å². The maximum atomic E-state index is 14.8. The zero-order valence-corrected chi connectivity index (χ0v) is 16.8. The molecule has 1 saturated carbocycles. The zero-order valence-electron chi connectivity index (χ0n) is 16.0. The molecule has 1 heterocycles. The van der Waals surface area contributed by atoms with Crippen molar-refractivity contribution in [2.45, 2.75) is 51.6 Å². The van der Waals surface area contributed by atoms with E-state index >= 15 is 0 Å². The summed E-state index contributed by atoms with van der Waals surface area (Å²) in [7, 11) is 0. The Morgan fingerprint density at radius 2 is 1.57 bits per heavy atom. The topological polar surface area (TPSA) is 9.23 Å². The Labute approximate surface area is 169 Å². The van der Waals surface area contributed by atoms with Gasteiger partial charge in [0.05, 0.1) is 6.10 Å². The van der Waals surface area contributed by atoms with Gasteiger partial charge in [-0.05, 0) is 61.4 Å². The van der Waals surface area contributed by atoms with Crippen LogP contribution in [0.5, 0.6) is 5.06 Å². The molecule has 1 aliphatic carbocycles. The molecular weight excluding hydrogens is 374 g/mol. The van der Waals surface area contributed by atoms with Gasteiger partial charge in [0.25, 0.3) is 0 Å². The summed E-state index contributed by atoms with van der Waals surface area (Å²) in [5.41, 5.74) is 2.48. The second-order valence-electron chi connectivity index (χ2n) is 7.38. The van der Waals surface area contributed by atoms with Crippen LogP contribution in [0.25, 0.3) is 21.6 Å². The summed E-state index contributed by atoms with van der Waals surface area (Å²) >= 11 is 1.38. The molecule has 1 aliphatic rings. The average Bonchev–Trinajstić information content (AvgIpc) is 3.38. The highest BCUT2D eigenvalue weighted by atomic mass is 32.1. The third kappa shape index (κ3) is 3.97. The Kier molecular flexibility index (Phi) is 5.77. The lowest BCUT2D eigenvalue weighted by atomic mass is 10.00. The Hall–Kier alpha value is -2.20. The van der Waals surface area contributed by atoms with E-state index in [0.717, 1.165) is 30.7 Å². The third-order valence-corrected chi connectivity index (χ3v) is 6.33. The third-order valence-electron chi connectivity index (χ3n) is 5.32. The second kappa shape index (κ2) is 8.44. The Morgan fingerprint density at radius 3 is 2.29 bits per heavy atom. The van der Waals surface area contributed by atoms with Crippen molar-refractivity contribution in [1.29, 1.82) is 0 Å². The van der Waals surface area contributed by atoms with Crippen LogP contribution in [-0.2, 0) is 6.42 Å². The van der Waals surface area contributed by atoms with Crippen molar-refractivity contribution in [2.24, 2.45) is 0 Å². The number of rotatable bonds is 6. The molecular formula is C24H24F2OS. The molecule has 4 rings (SSSR count). The summed E-state index contributed by atoms with van der Waals surface area (Å²) in [6.45, 7) is 2.12. The zero-order chi connectivity index (χ0) is 19.5. The van der Waals surface area contributed by atoms with Crippen molar-refractivity contribution in [3.8, 4) is 26.6 Å². The molecule has 0 unspecified atom stereocenters.